The monoisotopic (exact) mass is 221 g/mol. The number of rotatable bonds is 3. The Morgan fingerprint density at radius 3 is 2.31 bits per heavy atom. The number of nitrogens with one attached hydrogen (secondary N) is 1. The fourth-order valence-electron chi connectivity index (χ4n) is 2.16. The molecule has 0 unspecified atom stereocenters. The molecule has 2 N–H and O–H groups in total. The van der Waals surface area contributed by atoms with Crippen LogP contribution in [0.1, 0.15) is 37.7 Å². The molecule has 2 nitrogen and oxygen atoms in total. The summed E-state index contributed by atoms with van der Waals surface area (Å²) in [5.41, 5.74) is 1.40. The van der Waals surface area contributed by atoms with Crippen molar-refractivity contribution in [1.29, 1.82) is 0 Å². The zero-order valence-corrected chi connectivity index (χ0v) is 10.2. The van der Waals surface area contributed by atoms with Gasteiger partial charge in [0, 0.05) is 19.7 Å². The van der Waals surface area contributed by atoms with E-state index in [0.717, 1.165) is 19.7 Å². The van der Waals surface area contributed by atoms with Crippen molar-refractivity contribution >= 4 is 0 Å². The maximum absolute atomic E-state index is 7.00. The van der Waals surface area contributed by atoms with Gasteiger partial charge in [0.05, 0.1) is 0 Å². The van der Waals surface area contributed by atoms with E-state index in [1.807, 2.05) is 0 Å². The Kier molecular flexibility index (Phi) is 6.86. The fourth-order valence-corrected chi connectivity index (χ4v) is 2.16. The Balaban J connectivity index is 0.000000606. The molecular weight excluding hydrogens is 198 g/mol. The van der Waals surface area contributed by atoms with Crippen LogP contribution in [0.2, 0.25) is 0 Å². The summed E-state index contributed by atoms with van der Waals surface area (Å²) >= 11 is 0. The van der Waals surface area contributed by atoms with Gasteiger partial charge in [-0.3, -0.25) is 0 Å². The Bertz CT molecular complexity index is 255. The molecule has 0 aliphatic heterocycles. The van der Waals surface area contributed by atoms with Gasteiger partial charge in [-0.25, -0.2) is 0 Å². The summed E-state index contributed by atoms with van der Waals surface area (Å²) < 4.78 is 0. The summed E-state index contributed by atoms with van der Waals surface area (Å²) in [6.45, 7) is 1.03. The molecular formula is C14H23NO. The predicted octanol–water partition coefficient (Wildman–Crippen LogP) is 2.72. The smallest absolute Gasteiger partial charge is 0.0319 e. The highest BCUT2D eigenvalue weighted by Gasteiger charge is 2.11. The van der Waals surface area contributed by atoms with Crippen molar-refractivity contribution < 1.29 is 5.11 Å². The van der Waals surface area contributed by atoms with Crippen LogP contribution in [0.4, 0.5) is 0 Å². The number of aliphatic hydroxyl groups excluding tert-OH is 1. The van der Waals surface area contributed by atoms with E-state index in [0.29, 0.717) is 0 Å². The summed E-state index contributed by atoms with van der Waals surface area (Å²) in [7, 11) is 1.00. The van der Waals surface area contributed by atoms with E-state index in [-0.39, 0.29) is 0 Å². The van der Waals surface area contributed by atoms with Crippen molar-refractivity contribution in [2.24, 2.45) is 0 Å². The molecule has 1 saturated carbocycles. The molecule has 0 saturated heterocycles. The van der Waals surface area contributed by atoms with Gasteiger partial charge >= 0.3 is 0 Å². The van der Waals surface area contributed by atoms with Crippen LogP contribution >= 0.6 is 0 Å². The van der Waals surface area contributed by atoms with E-state index in [1.165, 1.54) is 37.7 Å². The second kappa shape index (κ2) is 8.31. The van der Waals surface area contributed by atoms with Gasteiger partial charge in [-0.1, -0.05) is 49.6 Å². The minimum absolute atomic E-state index is 0.768. The van der Waals surface area contributed by atoms with Crippen LogP contribution < -0.4 is 5.32 Å². The molecule has 0 heterocycles. The lowest BCUT2D eigenvalue weighted by Gasteiger charge is -2.22. The molecule has 0 radical (unpaired) electrons. The average Bonchev–Trinajstić information content (AvgIpc) is 2.41. The average molecular weight is 221 g/mol. The SMILES string of the molecule is CO.c1ccc(CNC2CCCCC2)cc1. The van der Waals surface area contributed by atoms with Crippen molar-refractivity contribution in [3.05, 3.63) is 35.9 Å². The highest BCUT2D eigenvalue weighted by atomic mass is 16.2. The minimum Gasteiger partial charge on any atom is -0.400 e. The van der Waals surface area contributed by atoms with Crippen LogP contribution in [-0.2, 0) is 6.54 Å². The van der Waals surface area contributed by atoms with Gasteiger partial charge in [-0.05, 0) is 18.4 Å². The molecule has 0 atom stereocenters. The van der Waals surface area contributed by atoms with Crippen LogP contribution in [0.25, 0.3) is 0 Å². The van der Waals surface area contributed by atoms with E-state index in [2.05, 4.69) is 35.6 Å². The summed E-state index contributed by atoms with van der Waals surface area (Å²) in [5, 5.41) is 10.6. The summed E-state index contributed by atoms with van der Waals surface area (Å²) in [4.78, 5) is 0. The highest BCUT2D eigenvalue weighted by Crippen LogP contribution is 2.17. The Morgan fingerprint density at radius 1 is 1.06 bits per heavy atom. The van der Waals surface area contributed by atoms with Crippen molar-refractivity contribution in [3.63, 3.8) is 0 Å². The van der Waals surface area contributed by atoms with Crippen LogP contribution in [0.5, 0.6) is 0 Å². The molecule has 1 aliphatic rings. The van der Waals surface area contributed by atoms with Crippen LogP contribution in [-0.4, -0.2) is 18.3 Å². The third kappa shape index (κ3) is 4.77. The van der Waals surface area contributed by atoms with Crippen molar-refractivity contribution in [1.82, 2.24) is 5.32 Å². The summed E-state index contributed by atoms with van der Waals surface area (Å²) in [6.07, 6.45) is 6.99. The first-order valence-corrected chi connectivity index (χ1v) is 6.17. The van der Waals surface area contributed by atoms with Gasteiger partial charge in [-0.15, -0.1) is 0 Å². The normalized spacial score (nSPS) is 16.4. The summed E-state index contributed by atoms with van der Waals surface area (Å²) in [5.74, 6) is 0. The minimum atomic E-state index is 0.768. The third-order valence-corrected chi connectivity index (χ3v) is 3.04. The van der Waals surface area contributed by atoms with E-state index in [1.54, 1.807) is 0 Å². The third-order valence-electron chi connectivity index (χ3n) is 3.04. The van der Waals surface area contributed by atoms with Gasteiger partial charge in [0.1, 0.15) is 0 Å². The maximum atomic E-state index is 7.00. The largest absolute Gasteiger partial charge is 0.400 e. The molecule has 2 rings (SSSR count). The zero-order chi connectivity index (χ0) is 11.6. The first kappa shape index (κ1) is 13.2. The molecule has 1 fully saturated rings. The van der Waals surface area contributed by atoms with E-state index in [4.69, 9.17) is 5.11 Å². The lowest BCUT2D eigenvalue weighted by Crippen LogP contribution is -2.30. The van der Waals surface area contributed by atoms with Gasteiger partial charge in [0.2, 0.25) is 0 Å². The molecule has 1 aromatic rings. The second-order valence-electron chi connectivity index (χ2n) is 4.20. The Labute approximate surface area is 98.7 Å². The molecule has 0 spiro atoms. The fraction of sp³-hybridized carbons (Fsp3) is 0.571. The molecule has 1 aromatic carbocycles. The van der Waals surface area contributed by atoms with Crippen molar-refractivity contribution in [2.45, 2.75) is 44.7 Å². The molecule has 0 aromatic heterocycles. The number of benzene rings is 1. The van der Waals surface area contributed by atoms with Crippen LogP contribution in [0, 0.1) is 0 Å². The summed E-state index contributed by atoms with van der Waals surface area (Å²) in [6, 6.07) is 11.4. The maximum Gasteiger partial charge on any atom is 0.0319 e. The van der Waals surface area contributed by atoms with Gasteiger partial charge in [0.25, 0.3) is 0 Å². The Hall–Kier alpha value is -0.860. The molecule has 16 heavy (non-hydrogen) atoms. The van der Waals surface area contributed by atoms with Crippen LogP contribution in [0.3, 0.4) is 0 Å². The zero-order valence-electron chi connectivity index (χ0n) is 10.2. The van der Waals surface area contributed by atoms with E-state index in [9.17, 15) is 0 Å². The van der Waals surface area contributed by atoms with Gasteiger partial charge in [0.15, 0.2) is 0 Å². The first-order chi connectivity index (χ1) is 7.95. The molecule has 90 valence electrons. The standard InChI is InChI=1S/C13H19N.CH4O/c1-3-7-12(8-4-1)11-14-13-9-5-2-6-10-13;1-2/h1,3-4,7-8,13-14H,2,5-6,9-11H2;2H,1H3. The molecule has 0 bridgehead atoms. The highest BCUT2D eigenvalue weighted by molar-refractivity contribution is 5.14. The molecule has 2 heteroatoms. The number of aliphatic hydroxyl groups is 1. The van der Waals surface area contributed by atoms with Gasteiger partial charge in [-0.2, -0.15) is 0 Å². The van der Waals surface area contributed by atoms with Crippen molar-refractivity contribution in [2.75, 3.05) is 7.11 Å². The molecule has 1 aliphatic carbocycles. The van der Waals surface area contributed by atoms with E-state index < -0.39 is 0 Å². The number of hydrogen-bond acceptors (Lipinski definition) is 2. The van der Waals surface area contributed by atoms with Gasteiger partial charge < -0.3 is 10.4 Å². The Morgan fingerprint density at radius 2 is 1.69 bits per heavy atom. The topological polar surface area (TPSA) is 32.3 Å². The van der Waals surface area contributed by atoms with E-state index >= 15 is 0 Å². The molecule has 0 amide bonds. The first-order valence-electron chi connectivity index (χ1n) is 6.17. The number of hydrogen-bond donors (Lipinski definition) is 2. The second-order valence-corrected chi connectivity index (χ2v) is 4.20. The van der Waals surface area contributed by atoms with Crippen LogP contribution in [0.15, 0.2) is 30.3 Å². The quantitative estimate of drug-likeness (QED) is 0.822. The van der Waals surface area contributed by atoms with Crippen molar-refractivity contribution in [3.8, 4) is 0 Å². The lowest BCUT2D eigenvalue weighted by molar-refractivity contribution is 0.372. The lowest BCUT2D eigenvalue weighted by atomic mass is 9.95. The predicted molar refractivity (Wildman–Crippen MR) is 68.3 cm³/mol.